The van der Waals surface area contributed by atoms with Crippen molar-refractivity contribution >= 4 is 6.02 Å². The highest BCUT2D eigenvalue weighted by molar-refractivity contribution is 5.75. The summed E-state index contributed by atoms with van der Waals surface area (Å²) >= 11 is 0. The highest BCUT2D eigenvalue weighted by atomic mass is 16.5. The van der Waals surface area contributed by atoms with E-state index in [-0.39, 0.29) is 13.5 Å². The van der Waals surface area contributed by atoms with Crippen molar-refractivity contribution < 1.29 is 4.74 Å². The van der Waals surface area contributed by atoms with Crippen molar-refractivity contribution in [1.82, 2.24) is 5.32 Å². The molecule has 0 amide bonds. The van der Waals surface area contributed by atoms with Crippen LogP contribution >= 0.6 is 0 Å². The molecule has 1 atom stereocenters. The third-order valence-electron chi connectivity index (χ3n) is 2.41. The van der Waals surface area contributed by atoms with E-state index in [1.807, 2.05) is 30.3 Å². The van der Waals surface area contributed by atoms with E-state index in [9.17, 15) is 0 Å². The van der Waals surface area contributed by atoms with Crippen LogP contribution in [0.15, 0.2) is 35.3 Å². The second-order valence-electron chi connectivity index (χ2n) is 3.55. The minimum atomic E-state index is 0. The molecule has 0 saturated carbocycles. The Kier molecular flexibility index (Phi) is 5.09. The molecule has 1 unspecified atom stereocenters. The van der Waals surface area contributed by atoms with Gasteiger partial charge in [0.05, 0.1) is 12.6 Å². The lowest BCUT2D eigenvalue weighted by atomic mass is 10.0. The molecule has 3 heteroatoms. The van der Waals surface area contributed by atoms with Crippen LogP contribution in [0.5, 0.6) is 0 Å². The van der Waals surface area contributed by atoms with E-state index in [1.54, 1.807) is 0 Å². The zero-order chi connectivity index (χ0) is 11.2. The zero-order valence-electron chi connectivity index (χ0n) is 9.02. The first-order chi connectivity index (χ1) is 7.90. The van der Waals surface area contributed by atoms with Crippen LogP contribution in [0, 0.1) is 12.3 Å². The van der Waals surface area contributed by atoms with Gasteiger partial charge in [-0.25, -0.2) is 4.99 Å². The van der Waals surface area contributed by atoms with Crippen molar-refractivity contribution in [3.63, 3.8) is 0 Å². The Balaban J connectivity index is 0.00000144. The summed E-state index contributed by atoms with van der Waals surface area (Å²) in [6.07, 6.45) is 5.99. The van der Waals surface area contributed by atoms with Crippen LogP contribution in [0.3, 0.4) is 0 Å². The van der Waals surface area contributed by atoms with Crippen LogP contribution in [-0.2, 0) is 4.74 Å². The second kappa shape index (κ2) is 6.59. The molecule has 0 fully saturated rings. The topological polar surface area (TPSA) is 33.6 Å². The number of nitrogens with one attached hydrogen (secondary N) is 1. The smallest absolute Gasteiger partial charge is 0.285 e. The van der Waals surface area contributed by atoms with Gasteiger partial charge < -0.3 is 10.1 Å². The van der Waals surface area contributed by atoms with Gasteiger partial charge in [0, 0.05) is 6.42 Å². The van der Waals surface area contributed by atoms with Crippen LogP contribution in [0.25, 0.3) is 0 Å². The molecule has 2 rings (SSSR count). The van der Waals surface area contributed by atoms with E-state index in [4.69, 9.17) is 11.2 Å². The Morgan fingerprint density at radius 3 is 2.76 bits per heavy atom. The molecule has 1 N–H and O–H groups in total. The number of nitrogens with zero attached hydrogens (tertiary/aromatic N) is 1. The van der Waals surface area contributed by atoms with Crippen molar-refractivity contribution in [1.29, 1.82) is 0 Å². The molecule has 1 aromatic carbocycles. The molecule has 17 heavy (non-hydrogen) atoms. The van der Waals surface area contributed by atoms with Gasteiger partial charge >= 0.3 is 0 Å². The molecule has 0 aliphatic carbocycles. The molecule has 3 nitrogen and oxygen atoms in total. The zero-order valence-corrected chi connectivity index (χ0v) is 9.02. The van der Waals surface area contributed by atoms with Crippen molar-refractivity contribution in [2.45, 2.75) is 19.9 Å². The minimum Gasteiger partial charge on any atom is -0.463 e. The molecule has 1 aliphatic heterocycles. The fraction of sp³-hybridized carbons (Fsp3) is 0.357. The normalized spacial score (nSPS) is 14.9. The number of hydrogen-bond donors (Lipinski definition) is 1. The van der Waals surface area contributed by atoms with Crippen molar-refractivity contribution in [3.05, 3.63) is 35.9 Å². The van der Waals surface area contributed by atoms with Gasteiger partial charge in [-0.05, 0) is 5.56 Å². The lowest BCUT2D eigenvalue weighted by Gasteiger charge is -2.17. The summed E-state index contributed by atoms with van der Waals surface area (Å²) in [5, 5.41) is 3.22. The number of rotatable bonds is 3. The highest BCUT2D eigenvalue weighted by Crippen LogP contribution is 2.16. The fourth-order valence-electron chi connectivity index (χ4n) is 1.63. The van der Waals surface area contributed by atoms with Gasteiger partial charge in [0.1, 0.15) is 6.61 Å². The number of benzene rings is 1. The summed E-state index contributed by atoms with van der Waals surface area (Å²) in [5.41, 5.74) is 1.15. The lowest BCUT2D eigenvalue weighted by Crippen LogP contribution is -2.28. The van der Waals surface area contributed by atoms with Crippen molar-refractivity contribution in [2.75, 3.05) is 13.2 Å². The molecule has 0 bridgehead atoms. The van der Waals surface area contributed by atoms with Crippen LogP contribution < -0.4 is 5.32 Å². The third-order valence-corrected chi connectivity index (χ3v) is 2.41. The van der Waals surface area contributed by atoms with Crippen LogP contribution in [0.4, 0.5) is 0 Å². The predicted octanol–water partition coefficient (Wildman–Crippen LogP) is 2.36. The maximum Gasteiger partial charge on any atom is 0.285 e. The maximum atomic E-state index is 5.37. The first-order valence-corrected chi connectivity index (χ1v) is 5.32. The van der Waals surface area contributed by atoms with Crippen molar-refractivity contribution in [2.24, 2.45) is 4.99 Å². The number of ether oxygens (including phenoxy) is 1. The first kappa shape index (κ1) is 13.1. The van der Waals surface area contributed by atoms with Gasteiger partial charge in [0.25, 0.3) is 6.02 Å². The van der Waals surface area contributed by atoms with Crippen LogP contribution in [0.1, 0.15) is 25.5 Å². The van der Waals surface area contributed by atoms with Crippen LogP contribution in [-0.4, -0.2) is 19.2 Å². The van der Waals surface area contributed by atoms with Gasteiger partial charge in [-0.15, -0.1) is 12.3 Å². The molecule has 0 saturated heterocycles. The molecular weight excluding hydrogens is 212 g/mol. The van der Waals surface area contributed by atoms with Gasteiger partial charge in [0.15, 0.2) is 0 Å². The first-order valence-electron chi connectivity index (χ1n) is 5.32. The average Bonchev–Trinajstić information content (AvgIpc) is 2.83. The Morgan fingerprint density at radius 1 is 1.41 bits per heavy atom. The molecule has 0 radical (unpaired) electrons. The standard InChI is InChI=1S/C13H14N2O.CH4/c1-2-6-12(11-7-4-3-5-8-11)15-13-14-9-10-16-13;/h1,3-5,7-8,12H,6,9-10H2,(H,14,15);1H4. The summed E-state index contributed by atoms with van der Waals surface area (Å²) < 4.78 is 5.32. The molecule has 90 valence electrons. The van der Waals surface area contributed by atoms with Crippen molar-refractivity contribution in [3.8, 4) is 12.3 Å². The lowest BCUT2D eigenvalue weighted by molar-refractivity contribution is 0.325. The summed E-state index contributed by atoms with van der Waals surface area (Å²) in [7, 11) is 0. The average molecular weight is 230 g/mol. The Bertz CT molecular complexity index is 406. The Hall–Kier alpha value is -1.95. The van der Waals surface area contributed by atoms with E-state index in [0.717, 1.165) is 12.1 Å². The minimum absolute atomic E-state index is 0. The SMILES string of the molecule is C.C#CCC(NC1=NCCO1)c1ccccc1. The summed E-state index contributed by atoms with van der Waals surface area (Å²) in [6, 6.07) is 10.7. The summed E-state index contributed by atoms with van der Waals surface area (Å²) in [6.45, 7) is 1.37. The molecule has 1 aromatic rings. The second-order valence-corrected chi connectivity index (χ2v) is 3.55. The monoisotopic (exact) mass is 230 g/mol. The quantitative estimate of drug-likeness (QED) is 0.809. The van der Waals surface area contributed by atoms with Gasteiger partial charge in [0.2, 0.25) is 0 Å². The molecule has 1 aliphatic rings. The van der Waals surface area contributed by atoms with Gasteiger partial charge in [-0.2, -0.15) is 0 Å². The van der Waals surface area contributed by atoms with E-state index < -0.39 is 0 Å². The van der Waals surface area contributed by atoms with Gasteiger partial charge in [-0.1, -0.05) is 37.8 Å². The number of terminal acetylenes is 1. The van der Waals surface area contributed by atoms with E-state index in [0.29, 0.717) is 19.0 Å². The molecular formula is C14H18N2O. The molecule has 1 heterocycles. The molecule has 0 spiro atoms. The summed E-state index contributed by atoms with van der Waals surface area (Å²) in [5.74, 6) is 2.67. The van der Waals surface area contributed by atoms with E-state index >= 15 is 0 Å². The number of aliphatic imine (C=N–C) groups is 1. The van der Waals surface area contributed by atoms with Gasteiger partial charge in [-0.3, -0.25) is 0 Å². The largest absolute Gasteiger partial charge is 0.463 e. The van der Waals surface area contributed by atoms with E-state index in [2.05, 4.69) is 16.2 Å². The number of amidine groups is 1. The molecule has 0 aromatic heterocycles. The predicted molar refractivity (Wildman–Crippen MR) is 70.8 cm³/mol. The fourth-order valence-corrected chi connectivity index (χ4v) is 1.63. The number of hydrogen-bond acceptors (Lipinski definition) is 3. The maximum absolute atomic E-state index is 5.37. The third kappa shape index (κ3) is 3.53. The highest BCUT2D eigenvalue weighted by Gasteiger charge is 2.14. The van der Waals surface area contributed by atoms with Crippen LogP contribution in [0.2, 0.25) is 0 Å². The Labute approximate surface area is 103 Å². The van der Waals surface area contributed by atoms with E-state index in [1.165, 1.54) is 0 Å². The summed E-state index contributed by atoms with van der Waals surface area (Å²) in [4.78, 5) is 4.20. The Morgan fingerprint density at radius 2 is 2.18 bits per heavy atom.